The molecule has 20 heavy (non-hydrogen) atoms. The van der Waals surface area contributed by atoms with Crippen LogP contribution in [0.25, 0.3) is 0 Å². The lowest BCUT2D eigenvalue weighted by atomic mass is 10.0. The molecule has 0 aromatic heterocycles. The van der Waals surface area contributed by atoms with Gasteiger partial charge in [-0.2, -0.15) is 0 Å². The summed E-state index contributed by atoms with van der Waals surface area (Å²) >= 11 is 0. The Morgan fingerprint density at radius 1 is 1.25 bits per heavy atom. The molecular formula is C17H27NO2. The van der Waals surface area contributed by atoms with E-state index < -0.39 is 0 Å². The average molecular weight is 277 g/mol. The highest BCUT2D eigenvalue weighted by atomic mass is 16.5. The van der Waals surface area contributed by atoms with Gasteiger partial charge in [-0.15, -0.1) is 0 Å². The molecule has 1 aliphatic carbocycles. The van der Waals surface area contributed by atoms with Gasteiger partial charge in [0.25, 0.3) is 0 Å². The fraction of sp³-hybridized carbons (Fsp3) is 0.647. The lowest BCUT2D eigenvalue weighted by Crippen LogP contribution is -2.22. The number of benzene rings is 1. The van der Waals surface area contributed by atoms with Crippen LogP contribution in [0.3, 0.4) is 0 Å². The van der Waals surface area contributed by atoms with Crippen LogP contribution in [0.15, 0.2) is 24.3 Å². The van der Waals surface area contributed by atoms with Gasteiger partial charge >= 0.3 is 0 Å². The minimum atomic E-state index is 0.417. The Balaban J connectivity index is 1.90. The van der Waals surface area contributed by atoms with Gasteiger partial charge < -0.3 is 14.8 Å². The minimum absolute atomic E-state index is 0.417. The Kier molecular flexibility index (Phi) is 6.34. The summed E-state index contributed by atoms with van der Waals surface area (Å²) in [6.45, 7) is 4.08. The maximum Gasteiger partial charge on any atom is 0.119 e. The predicted molar refractivity (Wildman–Crippen MR) is 82.2 cm³/mol. The SMILES string of the molecule is CCCNC(CCCOC)c1ccc(OC2CC2)cc1. The zero-order valence-electron chi connectivity index (χ0n) is 12.7. The molecule has 0 aliphatic heterocycles. The van der Waals surface area contributed by atoms with Gasteiger partial charge in [0.05, 0.1) is 6.10 Å². The Bertz CT molecular complexity index is 373. The third kappa shape index (κ3) is 5.14. The Morgan fingerprint density at radius 2 is 2.00 bits per heavy atom. The highest BCUT2D eigenvalue weighted by molar-refractivity contribution is 5.29. The first-order valence-electron chi connectivity index (χ1n) is 7.82. The second-order valence-corrected chi connectivity index (χ2v) is 5.53. The van der Waals surface area contributed by atoms with Crippen LogP contribution < -0.4 is 10.1 Å². The molecule has 3 heteroatoms. The molecule has 112 valence electrons. The van der Waals surface area contributed by atoms with Crippen LogP contribution in [0.2, 0.25) is 0 Å². The summed E-state index contributed by atoms with van der Waals surface area (Å²) in [7, 11) is 1.76. The molecule has 0 radical (unpaired) electrons. The summed E-state index contributed by atoms with van der Waals surface area (Å²) < 4.78 is 11.0. The minimum Gasteiger partial charge on any atom is -0.490 e. The van der Waals surface area contributed by atoms with Crippen LogP contribution in [-0.4, -0.2) is 26.4 Å². The summed E-state index contributed by atoms with van der Waals surface area (Å²) in [4.78, 5) is 0. The number of hydrogen-bond acceptors (Lipinski definition) is 3. The molecule has 0 bridgehead atoms. The lowest BCUT2D eigenvalue weighted by Gasteiger charge is -2.19. The number of methoxy groups -OCH3 is 1. The smallest absolute Gasteiger partial charge is 0.119 e. The van der Waals surface area contributed by atoms with Gasteiger partial charge in [0.1, 0.15) is 5.75 Å². The van der Waals surface area contributed by atoms with Crippen LogP contribution in [0.1, 0.15) is 50.6 Å². The summed E-state index contributed by atoms with van der Waals surface area (Å²) in [6.07, 6.45) is 6.23. The van der Waals surface area contributed by atoms with Crippen molar-refractivity contribution in [3.63, 3.8) is 0 Å². The maximum atomic E-state index is 5.80. The number of rotatable bonds is 10. The van der Waals surface area contributed by atoms with E-state index in [0.29, 0.717) is 12.1 Å². The molecule has 0 spiro atoms. The van der Waals surface area contributed by atoms with Crippen molar-refractivity contribution >= 4 is 0 Å². The van der Waals surface area contributed by atoms with Crippen molar-refractivity contribution in [2.45, 2.75) is 51.2 Å². The van der Waals surface area contributed by atoms with Gasteiger partial charge in [-0.3, -0.25) is 0 Å². The van der Waals surface area contributed by atoms with Crippen LogP contribution in [-0.2, 0) is 4.74 Å². The Morgan fingerprint density at radius 3 is 2.60 bits per heavy atom. The quantitative estimate of drug-likeness (QED) is 0.662. The monoisotopic (exact) mass is 277 g/mol. The average Bonchev–Trinajstić information content (AvgIpc) is 3.28. The van der Waals surface area contributed by atoms with E-state index in [4.69, 9.17) is 9.47 Å². The first-order chi connectivity index (χ1) is 9.83. The van der Waals surface area contributed by atoms with Crippen molar-refractivity contribution < 1.29 is 9.47 Å². The van der Waals surface area contributed by atoms with E-state index in [1.807, 2.05) is 0 Å². The molecule has 1 N–H and O–H groups in total. The van der Waals surface area contributed by atoms with Gasteiger partial charge in [0.2, 0.25) is 0 Å². The molecule has 0 heterocycles. The fourth-order valence-corrected chi connectivity index (χ4v) is 2.29. The highest BCUT2D eigenvalue weighted by Crippen LogP contribution is 2.28. The number of ether oxygens (including phenoxy) is 2. The van der Waals surface area contributed by atoms with Gasteiger partial charge in [0.15, 0.2) is 0 Å². The van der Waals surface area contributed by atoms with Gasteiger partial charge in [0, 0.05) is 19.8 Å². The zero-order valence-corrected chi connectivity index (χ0v) is 12.7. The molecule has 1 unspecified atom stereocenters. The van der Waals surface area contributed by atoms with Crippen molar-refractivity contribution in [2.75, 3.05) is 20.3 Å². The van der Waals surface area contributed by atoms with Crippen LogP contribution in [0.5, 0.6) is 5.75 Å². The molecule has 0 amide bonds. The zero-order chi connectivity index (χ0) is 14.2. The van der Waals surface area contributed by atoms with Gasteiger partial charge in [-0.1, -0.05) is 19.1 Å². The third-order valence-corrected chi connectivity index (χ3v) is 3.59. The topological polar surface area (TPSA) is 30.5 Å². The van der Waals surface area contributed by atoms with Crippen LogP contribution in [0, 0.1) is 0 Å². The molecular weight excluding hydrogens is 250 g/mol. The fourth-order valence-electron chi connectivity index (χ4n) is 2.29. The summed E-state index contributed by atoms with van der Waals surface area (Å²) in [5.74, 6) is 1.00. The van der Waals surface area contributed by atoms with Crippen molar-refractivity contribution in [1.82, 2.24) is 5.32 Å². The molecule has 1 fully saturated rings. The van der Waals surface area contributed by atoms with Crippen LogP contribution in [0.4, 0.5) is 0 Å². The standard InChI is InChI=1S/C17H27NO2/c1-3-12-18-17(5-4-13-19-2)14-6-8-15(9-7-14)20-16-10-11-16/h6-9,16-18H,3-5,10-13H2,1-2H3. The molecule has 1 aromatic rings. The number of hydrogen-bond donors (Lipinski definition) is 1. The van der Waals surface area contributed by atoms with Crippen molar-refractivity contribution in [1.29, 1.82) is 0 Å². The van der Waals surface area contributed by atoms with Crippen molar-refractivity contribution in [3.8, 4) is 5.75 Å². The molecule has 0 saturated heterocycles. The summed E-state index contributed by atoms with van der Waals surface area (Å²) in [6, 6.07) is 9.00. The normalized spacial score (nSPS) is 16.1. The molecule has 2 rings (SSSR count). The summed E-state index contributed by atoms with van der Waals surface area (Å²) in [5.41, 5.74) is 1.35. The summed E-state index contributed by atoms with van der Waals surface area (Å²) in [5, 5.41) is 3.62. The molecule has 1 aromatic carbocycles. The van der Waals surface area contributed by atoms with Crippen LogP contribution >= 0.6 is 0 Å². The molecule has 1 saturated carbocycles. The van der Waals surface area contributed by atoms with E-state index in [1.54, 1.807) is 7.11 Å². The Labute approximate surface area is 122 Å². The molecule has 1 atom stereocenters. The van der Waals surface area contributed by atoms with E-state index in [1.165, 1.54) is 18.4 Å². The lowest BCUT2D eigenvalue weighted by molar-refractivity contribution is 0.188. The van der Waals surface area contributed by atoms with Crippen molar-refractivity contribution in [2.24, 2.45) is 0 Å². The van der Waals surface area contributed by atoms with E-state index in [-0.39, 0.29) is 0 Å². The van der Waals surface area contributed by atoms with Gasteiger partial charge in [-0.25, -0.2) is 0 Å². The predicted octanol–water partition coefficient (Wildman–Crippen LogP) is 3.70. The molecule has 3 nitrogen and oxygen atoms in total. The van der Waals surface area contributed by atoms with Crippen molar-refractivity contribution in [3.05, 3.63) is 29.8 Å². The number of nitrogens with one attached hydrogen (secondary N) is 1. The van der Waals surface area contributed by atoms with E-state index in [9.17, 15) is 0 Å². The second-order valence-electron chi connectivity index (χ2n) is 5.53. The first-order valence-corrected chi connectivity index (χ1v) is 7.82. The Hall–Kier alpha value is -1.06. The van der Waals surface area contributed by atoms with E-state index >= 15 is 0 Å². The maximum absolute atomic E-state index is 5.80. The third-order valence-electron chi connectivity index (χ3n) is 3.59. The van der Waals surface area contributed by atoms with E-state index in [2.05, 4.69) is 36.5 Å². The molecule has 1 aliphatic rings. The first kappa shape index (κ1) is 15.3. The largest absolute Gasteiger partial charge is 0.490 e. The van der Waals surface area contributed by atoms with Gasteiger partial charge in [-0.05, 0) is 56.3 Å². The second kappa shape index (κ2) is 8.28. The van der Waals surface area contributed by atoms with E-state index in [0.717, 1.165) is 38.2 Å². The highest BCUT2D eigenvalue weighted by Gasteiger charge is 2.23.